The van der Waals surface area contributed by atoms with Gasteiger partial charge in [0, 0.05) is 15.0 Å². The van der Waals surface area contributed by atoms with Gasteiger partial charge in [-0.05, 0) is 42.6 Å². The Balaban J connectivity index is 2.92. The molecule has 1 aromatic carbocycles. The van der Waals surface area contributed by atoms with Gasteiger partial charge in [0.25, 0.3) is 0 Å². The molecule has 0 fully saturated rings. The molecule has 0 amide bonds. The van der Waals surface area contributed by atoms with E-state index < -0.39 is 0 Å². The Kier molecular flexibility index (Phi) is 7.50. The fourth-order valence-electron chi connectivity index (χ4n) is 2.30. The van der Waals surface area contributed by atoms with Gasteiger partial charge in [-0.2, -0.15) is 0 Å². The zero-order valence-corrected chi connectivity index (χ0v) is 14.6. The Bertz CT molecular complexity index is 362. The van der Waals surface area contributed by atoms with Crippen molar-refractivity contribution in [2.45, 2.75) is 46.1 Å². The Morgan fingerprint density at radius 2 is 1.78 bits per heavy atom. The van der Waals surface area contributed by atoms with E-state index in [0.29, 0.717) is 6.04 Å². The van der Waals surface area contributed by atoms with Crippen LogP contribution in [0.2, 0.25) is 0 Å². The Morgan fingerprint density at radius 1 is 1.11 bits per heavy atom. The zero-order valence-electron chi connectivity index (χ0n) is 11.5. The number of nitrogens with one attached hydrogen (secondary N) is 1. The van der Waals surface area contributed by atoms with Crippen LogP contribution in [0.15, 0.2) is 27.1 Å². The molecule has 0 saturated carbocycles. The van der Waals surface area contributed by atoms with Gasteiger partial charge in [0.15, 0.2) is 0 Å². The smallest absolute Gasteiger partial charge is 0.0334 e. The summed E-state index contributed by atoms with van der Waals surface area (Å²) in [5.41, 5.74) is 1.36. The fraction of sp³-hybridized carbons (Fsp3) is 0.600. The molecule has 0 heterocycles. The minimum Gasteiger partial charge on any atom is -0.310 e. The quantitative estimate of drug-likeness (QED) is 0.644. The number of rotatable bonds is 7. The summed E-state index contributed by atoms with van der Waals surface area (Å²) in [4.78, 5) is 0. The van der Waals surface area contributed by atoms with Crippen LogP contribution in [0.5, 0.6) is 0 Å². The average Bonchev–Trinajstić information content (AvgIpc) is 2.37. The van der Waals surface area contributed by atoms with Gasteiger partial charge in [0.2, 0.25) is 0 Å². The monoisotopic (exact) mass is 375 g/mol. The van der Waals surface area contributed by atoms with Crippen molar-refractivity contribution in [3.05, 3.63) is 32.7 Å². The summed E-state index contributed by atoms with van der Waals surface area (Å²) >= 11 is 7.24. The minimum absolute atomic E-state index is 0.437. The van der Waals surface area contributed by atoms with Gasteiger partial charge in [0.1, 0.15) is 0 Å². The molecule has 1 atom stereocenters. The fourth-order valence-corrected chi connectivity index (χ4v) is 3.21. The summed E-state index contributed by atoms with van der Waals surface area (Å²) in [6, 6.07) is 6.86. The lowest BCUT2D eigenvalue weighted by Crippen LogP contribution is -2.23. The van der Waals surface area contributed by atoms with Crippen LogP contribution in [0, 0.1) is 5.92 Å². The second-order valence-electron chi connectivity index (χ2n) is 4.69. The first-order valence-corrected chi connectivity index (χ1v) is 8.39. The van der Waals surface area contributed by atoms with E-state index in [1.165, 1.54) is 29.3 Å². The molecule has 1 rings (SSSR count). The van der Waals surface area contributed by atoms with Gasteiger partial charge in [-0.1, -0.05) is 65.5 Å². The molecule has 1 unspecified atom stereocenters. The molecule has 1 aromatic rings. The van der Waals surface area contributed by atoms with E-state index in [1.54, 1.807) is 0 Å². The second kappa shape index (κ2) is 8.34. The number of halogens is 2. The third kappa shape index (κ3) is 4.67. The van der Waals surface area contributed by atoms with Crippen LogP contribution in [0.3, 0.4) is 0 Å². The van der Waals surface area contributed by atoms with Crippen LogP contribution >= 0.6 is 31.9 Å². The molecule has 1 N–H and O–H groups in total. The molecular formula is C15H23Br2N. The van der Waals surface area contributed by atoms with Crippen LogP contribution in [-0.2, 0) is 0 Å². The van der Waals surface area contributed by atoms with Crippen LogP contribution in [0.4, 0.5) is 0 Å². The SMILES string of the molecule is CCNC(CC(CC)CC)c1cc(Br)ccc1Br. The molecular weight excluding hydrogens is 354 g/mol. The van der Waals surface area contributed by atoms with E-state index in [9.17, 15) is 0 Å². The highest BCUT2D eigenvalue weighted by Gasteiger charge is 2.17. The average molecular weight is 377 g/mol. The summed E-state index contributed by atoms with van der Waals surface area (Å²) in [5, 5.41) is 3.62. The summed E-state index contributed by atoms with van der Waals surface area (Å²) in [5.74, 6) is 0.792. The van der Waals surface area contributed by atoms with E-state index >= 15 is 0 Å². The number of hydrogen-bond acceptors (Lipinski definition) is 1. The maximum atomic E-state index is 3.67. The van der Waals surface area contributed by atoms with Gasteiger partial charge < -0.3 is 5.32 Å². The lowest BCUT2D eigenvalue weighted by atomic mass is 9.91. The zero-order chi connectivity index (χ0) is 13.5. The van der Waals surface area contributed by atoms with E-state index in [-0.39, 0.29) is 0 Å². The highest BCUT2D eigenvalue weighted by atomic mass is 79.9. The standard InChI is InChI=1S/C15H23Br2N/c1-4-11(5-2)9-15(18-6-3)13-10-12(16)7-8-14(13)17/h7-8,10-11,15,18H,4-6,9H2,1-3H3. The molecule has 0 spiro atoms. The molecule has 18 heavy (non-hydrogen) atoms. The van der Waals surface area contributed by atoms with Crippen molar-refractivity contribution in [1.82, 2.24) is 5.32 Å². The van der Waals surface area contributed by atoms with Gasteiger partial charge >= 0.3 is 0 Å². The molecule has 0 bridgehead atoms. The van der Waals surface area contributed by atoms with E-state index in [1.807, 2.05) is 0 Å². The molecule has 3 heteroatoms. The van der Waals surface area contributed by atoms with Crippen molar-refractivity contribution in [2.75, 3.05) is 6.54 Å². The molecule has 0 aromatic heterocycles. The predicted octanol–water partition coefficient (Wildman–Crippen LogP) is 5.69. The third-order valence-electron chi connectivity index (χ3n) is 3.51. The summed E-state index contributed by atoms with van der Waals surface area (Å²) < 4.78 is 2.34. The first-order chi connectivity index (χ1) is 8.62. The first-order valence-electron chi connectivity index (χ1n) is 6.80. The number of hydrogen-bond donors (Lipinski definition) is 1. The van der Waals surface area contributed by atoms with Crippen LogP contribution in [0.1, 0.15) is 51.6 Å². The summed E-state index contributed by atoms with van der Waals surface area (Å²) in [6.07, 6.45) is 3.71. The van der Waals surface area contributed by atoms with E-state index in [4.69, 9.17) is 0 Å². The van der Waals surface area contributed by atoms with Gasteiger partial charge in [-0.3, -0.25) is 0 Å². The normalized spacial score (nSPS) is 13.0. The maximum absolute atomic E-state index is 3.67. The Labute approximate surface area is 128 Å². The predicted molar refractivity (Wildman–Crippen MR) is 86.9 cm³/mol. The lowest BCUT2D eigenvalue weighted by Gasteiger charge is -2.24. The van der Waals surface area contributed by atoms with Gasteiger partial charge in [-0.25, -0.2) is 0 Å². The second-order valence-corrected chi connectivity index (χ2v) is 6.46. The Hall–Kier alpha value is 0.140. The van der Waals surface area contributed by atoms with Crippen molar-refractivity contribution in [3.63, 3.8) is 0 Å². The largest absolute Gasteiger partial charge is 0.310 e. The van der Waals surface area contributed by atoms with Crippen molar-refractivity contribution in [2.24, 2.45) is 5.92 Å². The van der Waals surface area contributed by atoms with Crippen molar-refractivity contribution < 1.29 is 0 Å². The number of benzene rings is 1. The molecule has 102 valence electrons. The van der Waals surface area contributed by atoms with Crippen LogP contribution in [0.25, 0.3) is 0 Å². The molecule has 0 aliphatic rings. The van der Waals surface area contributed by atoms with E-state index in [0.717, 1.165) is 16.9 Å². The first kappa shape index (κ1) is 16.2. The maximum Gasteiger partial charge on any atom is 0.0334 e. The molecule has 0 aliphatic carbocycles. The van der Waals surface area contributed by atoms with Crippen molar-refractivity contribution in [1.29, 1.82) is 0 Å². The molecule has 0 aliphatic heterocycles. The highest BCUT2D eigenvalue weighted by Crippen LogP contribution is 2.32. The molecule has 1 nitrogen and oxygen atoms in total. The minimum atomic E-state index is 0.437. The van der Waals surface area contributed by atoms with Crippen LogP contribution < -0.4 is 5.32 Å². The summed E-state index contributed by atoms with van der Waals surface area (Å²) in [7, 11) is 0. The van der Waals surface area contributed by atoms with Crippen LogP contribution in [-0.4, -0.2) is 6.54 Å². The molecule has 0 saturated heterocycles. The topological polar surface area (TPSA) is 12.0 Å². The molecule has 0 radical (unpaired) electrons. The van der Waals surface area contributed by atoms with E-state index in [2.05, 4.69) is 76.1 Å². The summed E-state index contributed by atoms with van der Waals surface area (Å²) in [6.45, 7) is 7.75. The lowest BCUT2D eigenvalue weighted by molar-refractivity contribution is 0.375. The Morgan fingerprint density at radius 3 is 2.33 bits per heavy atom. The third-order valence-corrected chi connectivity index (χ3v) is 4.72. The van der Waals surface area contributed by atoms with Gasteiger partial charge in [-0.15, -0.1) is 0 Å². The van der Waals surface area contributed by atoms with Gasteiger partial charge in [0.05, 0.1) is 0 Å². The highest BCUT2D eigenvalue weighted by molar-refractivity contribution is 9.11. The van der Waals surface area contributed by atoms with Crippen molar-refractivity contribution in [3.8, 4) is 0 Å². The van der Waals surface area contributed by atoms with Crippen molar-refractivity contribution >= 4 is 31.9 Å².